The SMILES string of the molecule is O=C(C=Cc1ccccc1)S(=O)O. The molecule has 1 atom stereocenters. The van der Waals surface area contributed by atoms with Crippen molar-refractivity contribution in [1.29, 1.82) is 0 Å². The molecule has 0 aliphatic heterocycles. The van der Waals surface area contributed by atoms with E-state index < -0.39 is 16.2 Å². The van der Waals surface area contributed by atoms with Gasteiger partial charge in [-0.05, 0) is 11.6 Å². The van der Waals surface area contributed by atoms with Gasteiger partial charge >= 0.3 is 0 Å². The van der Waals surface area contributed by atoms with Crippen molar-refractivity contribution in [2.45, 2.75) is 0 Å². The number of benzene rings is 1. The maximum absolute atomic E-state index is 10.7. The van der Waals surface area contributed by atoms with Crippen LogP contribution in [0.2, 0.25) is 0 Å². The molecule has 1 unspecified atom stereocenters. The number of hydrogen-bond acceptors (Lipinski definition) is 2. The van der Waals surface area contributed by atoms with Crippen LogP contribution in [0.15, 0.2) is 36.4 Å². The van der Waals surface area contributed by atoms with E-state index in [4.69, 9.17) is 4.55 Å². The van der Waals surface area contributed by atoms with Gasteiger partial charge in [0.2, 0.25) is 11.1 Å². The van der Waals surface area contributed by atoms with E-state index in [1.807, 2.05) is 18.2 Å². The van der Waals surface area contributed by atoms with E-state index >= 15 is 0 Å². The van der Waals surface area contributed by atoms with Crippen LogP contribution in [0.1, 0.15) is 5.56 Å². The number of hydrogen-bond donors (Lipinski definition) is 1. The molecular formula is C9H8O3S. The van der Waals surface area contributed by atoms with Gasteiger partial charge in [-0.15, -0.1) is 0 Å². The molecule has 0 radical (unpaired) electrons. The minimum Gasteiger partial charge on any atom is -0.300 e. The molecule has 0 fully saturated rings. The molecule has 0 bridgehead atoms. The van der Waals surface area contributed by atoms with Crippen LogP contribution in [0.25, 0.3) is 6.08 Å². The van der Waals surface area contributed by atoms with Crippen molar-refractivity contribution in [3.05, 3.63) is 42.0 Å². The molecule has 3 nitrogen and oxygen atoms in total. The predicted molar refractivity (Wildman–Crippen MR) is 51.3 cm³/mol. The van der Waals surface area contributed by atoms with Crippen molar-refractivity contribution in [1.82, 2.24) is 0 Å². The van der Waals surface area contributed by atoms with Gasteiger partial charge in [-0.3, -0.25) is 9.35 Å². The van der Waals surface area contributed by atoms with Crippen molar-refractivity contribution >= 4 is 22.3 Å². The quantitative estimate of drug-likeness (QED) is 0.575. The lowest BCUT2D eigenvalue weighted by atomic mass is 10.2. The third-order valence-electron chi connectivity index (χ3n) is 1.38. The molecule has 0 heterocycles. The van der Waals surface area contributed by atoms with Crippen molar-refractivity contribution in [3.8, 4) is 0 Å². The highest BCUT2D eigenvalue weighted by Crippen LogP contribution is 2.00. The second-order valence-electron chi connectivity index (χ2n) is 2.31. The standard InChI is InChI=1S/C9H8O3S/c10-9(13(11)12)7-6-8-4-2-1-3-5-8/h1-7H,(H,11,12). The third-order valence-corrected chi connectivity index (χ3v) is 1.86. The Kier molecular flexibility index (Phi) is 3.54. The second kappa shape index (κ2) is 4.69. The summed E-state index contributed by atoms with van der Waals surface area (Å²) in [6, 6.07) is 9.08. The molecule has 13 heavy (non-hydrogen) atoms. The van der Waals surface area contributed by atoms with E-state index in [0.717, 1.165) is 11.6 Å². The van der Waals surface area contributed by atoms with Gasteiger partial charge in [-0.25, -0.2) is 4.21 Å². The highest BCUT2D eigenvalue weighted by molar-refractivity contribution is 7.95. The molecular weight excluding hydrogens is 188 g/mol. The summed E-state index contributed by atoms with van der Waals surface area (Å²) in [5.41, 5.74) is 0.821. The first kappa shape index (κ1) is 9.83. The minimum atomic E-state index is -2.41. The minimum absolute atomic E-state index is 0.802. The maximum Gasteiger partial charge on any atom is 0.269 e. The summed E-state index contributed by atoms with van der Waals surface area (Å²) in [7, 11) is 0. The zero-order chi connectivity index (χ0) is 9.68. The number of carbonyl (C=O) groups excluding carboxylic acids is 1. The Labute approximate surface area is 78.4 Å². The monoisotopic (exact) mass is 196 g/mol. The van der Waals surface area contributed by atoms with Crippen LogP contribution in [0.4, 0.5) is 0 Å². The zero-order valence-electron chi connectivity index (χ0n) is 6.71. The summed E-state index contributed by atoms with van der Waals surface area (Å²) >= 11 is -2.41. The Morgan fingerprint density at radius 2 is 1.92 bits per heavy atom. The lowest BCUT2D eigenvalue weighted by Gasteiger charge is -1.89. The van der Waals surface area contributed by atoms with Gasteiger partial charge in [-0.1, -0.05) is 36.4 Å². The lowest BCUT2D eigenvalue weighted by molar-refractivity contribution is -0.107. The van der Waals surface area contributed by atoms with E-state index in [2.05, 4.69) is 0 Å². The third kappa shape index (κ3) is 3.31. The first-order chi connectivity index (χ1) is 6.20. The van der Waals surface area contributed by atoms with Gasteiger partial charge in [0.15, 0.2) is 0 Å². The van der Waals surface area contributed by atoms with E-state index in [1.165, 1.54) is 6.08 Å². The van der Waals surface area contributed by atoms with Gasteiger partial charge in [0, 0.05) is 0 Å². The van der Waals surface area contributed by atoms with Gasteiger partial charge in [0.1, 0.15) is 0 Å². The Balaban J connectivity index is 2.70. The van der Waals surface area contributed by atoms with E-state index in [0.29, 0.717) is 0 Å². The van der Waals surface area contributed by atoms with Crippen LogP contribution in [0.3, 0.4) is 0 Å². The smallest absolute Gasteiger partial charge is 0.269 e. The summed E-state index contributed by atoms with van der Waals surface area (Å²) < 4.78 is 18.6. The normalized spacial score (nSPS) is 13.0. The summed E-state index contributed by atoms with van der Waals surface area (Å²) in [5, 5.41) is -0.802. The first-order valence-electron chi connectivity index (χ1n) is 3.58. The first-order valence-corrected chi connectivity index (χ1v) is 4.69. The Morgan fingerprint density at radius 3 is 2.46 bits per heavy atom. The average molecular weight is 196 g/mol. The molecule has 68 valence electrons. The van der Waals surface area contributed by atoms with Crippen molar-refractivity contribution in [3.63, 3.8) is 0 Å². The maximum atomic E-state index is 10.7. The molecule has 0 saturated carbocycles. The van der Waals surface area contributed by atoms with Crippen LogP contribution in [0, 0.1) is 0 Å². The van der Waals surface area contributed by atoms with Crippen molar-refractivity contribution in [2.24, 2.45) is 0 Å². The molecule has 0 aliphatic carbocycles. The molecule has 1 aromatic carbocycles. The van der Waals surface area contributed by atoms with Gasteiger partial charge in [0.05, 0.1) is 0 Å². The largest absolute Gasteiger partial charge is 0.300 e. The molecule has 1 rings (SSSR count). The van der Waals surface area contributed by atoms with Gasteiger partial charge < -0.3 is 0 Å². The highest BCUT2D eigenvalue weighted by Gasteiger charge is 2.01. The Hall–Kier alpha value is -1.26. The number of carbonyl (C=O) groups is 1. The molecule has 0 amide bonds. The fourth-order valence-electron chi connectivity index (χ4n) is 0.787. The fraction of sp³-hybridized carbons (Fsp3) is 0. The summed E-state index contributed by atoms with van der Waals surface area (Å²) in [6.45, 7) is 0. The Bertz CT molecular complexity index is 343. The molecule has 0 aromatic heterocycles. The summed E-state index contributed by atoms with van der Waals surface area (Å²) in [4.78, 5) is 10.7. The zero-order valence-corrected chi connectivity index (χ0v) is 7.53. The Morgan fingerprint density at radius 1 is 1.31 bits per heavy atom. The van der Waals surface area contributed by atoms with E-state index in [1.54, 1.807) is 12.1 Å². The summed E-state index contributed by atoms with van der Waals surface area (Å²) in [5.74, 6) is 0. The van der Waals surface area contributed by atoms with Crippen LogP contribution < -0.4 is 0 Å². The van der Waals surface area contributed by atoms with Crippen molar-refractivity contribution < 1.29 is 13.6 Å². The molecule has 1 aromatic rings. The van der Waals surface area contributed by atoms with Gasteiger partial charge in [-0.2, -0.15) is 0 Å². The topological polar surface area (TPSA) is 54.4 Å². The van der Waals surface area contributed by atoms with Crippen LogP contribution >= 0.6 is 0 Å². The highest BCUT2D eigenvalue weighted by atomic mass is 32.2. The van der Waals surface area contributed by atoms with E-state index in [9.17, 15) is 9.00 Å². The van der Waals surface area contributed by atoms with Crippen molar-refractivity contribution in [2.75, 3.05) is 0 Å². The molecule has 1 N–H and O–H groups in total. The van der Waals surface area contributed by atoms with Gasteiger partial charge in [0.25, 0.3) is 5.12 Å². The molecule has 4 heteroatoms. The summed E-state index contributed by atoms with van der Waals surface area (Å²) in [6.07, 6.45) is 2.59. The van der Waals surface area contributed by atoms with Crippen LogP contribution in [0.5, 0.6) is 0 Å². The van der Waals surface area contributed by atoms with Crippen LogP contribution in [-0.4, -0.2) is 13.9 Å². The lowest BCUT2D eigenvalue weighted by Crippen LogP contribution is -2.00. The fourth-order valence-corrected chi connectivity index (χ4v) is 0.971. The number of rotatable bonds is 2. The van der Waals surface area contributed by atoms with Crippen LogP contribution in [-0.2, 0) is 15.9 Å². The predicted octanol–water partition coefficient (Wildman–Crippen LogP) is 1.45. The molecule has 0 spiro atoms. The molecule has 0 saturated heterocycles. The molecule has 0 aliphatic rings. The second-order valence-corrected chi connectivity index (χ2v) is 3.21. The van der Waals surface area contributed by atoms with E-state index in [-0.39, 0.29) is 0 Å². The average Bonchev–Trinajstić information content (AvgIpc) is 2.15.